The summed E-state index contributed by atoms with van der Waals surface area (Å²) in [6.07, 6.45) is 2.46. The van der Waals surface area contributed by atoms with Crippen LogP contribution in [0.2, 0.25) is 0 Å². The van der Waals surface area contributed by atoms with Crippen LogP contribution in [-0.4, -0.2) is 23.4 Å². The third-order valence-electron chi connectivity index (χ3n) is 2.85. The second-order valence-electron chi connectivity index (χ2n) is 4.32. The molecule has 0 fully saturated rings. The van der Waals surface area contributed by atoms with Gasteiger partial charge in [0.05, 0.1) is 16.7 Å². The highest BCUT2D eigenvalue weighted by Crippen LogP contribution is 2.17. The largest absolute Gasteiger partial charge is 0.366 e. The molecule has 0 atom stereocenters. The van der Waals surface area contributed by atoms with Crippen LogP contribution in [0.15, 0.2) is 51.1 Å². The van der Waals surface area contributed by atoms with E-state index in [1.807, 2.05) is 0 Å². The Kier molecular flexibility index (Phi) is 2.91. The maximum absolute atomic E-state index is 12.2. The predicted octanol–water partition coefficient (Wildman–Crippen LogP) is 0.345. The van der Waals surface area contributed by atoms with E-state index in [1.165, 1.54) is 18.3 Å². The lowest BCUT2D eigenvalue weighted by Crippen LogP contribution is -2.20. The molecule has 108 valence electrons. The number of anilines is 1. The van der Waals surface area contributed by atoms with Crippen molar-refractivity contribution in [1.82, 2.24) is 15.0 Å². The lowest BCUT2D eigenvalue weighted by Gasteiger charge is -2.07. The van der Waals surface area contributed by atoms with Crippen molar-refractivity contribution in [3.8, 4) is 0 Å². The minimum atomic E-state index is -4.00. The Morgan fingerprint density at radius 3 is 2.52 bits per heavy atom. The van der Waals surface area contributed by atoms with Crippen molar-refractivity contribution in [2.24, 2.45) is 0 Å². The summed E-state index contributed by atoms with van der Waals surface area (Å²) in [4.78, 5) is 30.0. The number of hydrogen-bond donors (Lipinski definition) is 4. The molecule has 2 aromatic heterocycles. The van der Waals surface area contributed by atoms with Crippen LogP contribution in [0.4, 0.5) is 5.69 Å². The molecule has 0 saturated heterocycles. The average Bonchev–Trinajstić information content (AvgIpc) is 2.78. The summed E-state index contributed by atoms with van der Waals surface area (Å²) in [6, 6.07) is 5.63. The fourth-order valence-electron chi connectivity index (χ4n) is 1.92. The molecule has 4 N–H and O–H groups in total. The first-order chi connectivity index (χ1) is 9.95. The highest BCUT2D eigenvalue weighted by molar-refractivity contribution is 7.92. The minimum Gasteiger partial charge on any atom is -0.366 e. The molecule has 0 unspecified atom stereocenters. The standard InChI is InChI=1S/C12H10N4O4S/c17-10-3-4-13-6-11(10)21(19,20)16-7-1-2-8-9(5-7)15-12(18)14-8/h1-6,16H,(H,13,17)(H2,14,15,18). The van der Waals surface area contributed by atoms with Crippen LogP contribution in [0, 0.1) is 0 Å². The number of rotatable bonds is 3. The Labute approximate surface area is 117 Å². The van der Waals surface area contributed by atoms with Gasteiger partial charge in [-0.1, -0.05) is 0 Å². The Morgan fingerprint density at radius 1 is 1.00 bits per heavy atom. The van der Waals surface area contributed by atoms with Crippen molar-refractivity contribution in [2.45, 2.75) is 4.90 Å². The number of benzene rings is 1. The molecule has 1 aromatic carbocycles. The number of aromatic nitrogens is 3. The molecule has 0 aliphatic carbocycles. The van der Waals surface area contributed by atoms with E-state index >= 15 is 0 Å². The first-order valence-corrected chi connectivity index (χ1v) is 7.36. The van der Waals surface area contributed by atoms with Gasteiger partial charge in [0.15, 0.2) is 4.90 Å². The highest BCUT2D eigenvalue weighted by Gasteiger charge is 2.17. The van der Waals surface area contributed by atoms with Crippen LogP contribution in [-0.2, 0) is 10.0 Å². The SMILES string of the molecule is O=c1[nH]c2ccc(NS(=O)(=O)c3c[nH]ccc3=O)cc2[nH]1. The molecular formula is C12H10N4O4S. The quantitative estimate of drug-likeness (QED) is 0.556. The fourth-order valence-corrected chi connectivity index (χ4v) is 3.02. The second-order valence-corrected chi connectivity index (χ2v) is 5.97. The first-order valence-electron chi connectivity index (χ1n) is 5.88. The van der Waals surface area contributed by atoms with Crippen LogP contribution < -0.4 is 15.8 Å². The van der Waals surface area contributed by atoms with Gasteiger partial charge in [0.2, 0.25) is 5.43 Å². The van der Waals surface area contributed by atoms with Gasteiger partial charge in [-0.25, -0.2) is 13.2 Å². The topological polar surface area (TPSA) is 128 Å². The summed E-state index contributed by atoms with van der Waals surface area (Å²) in [5, 5.41) is 0. The van der Waals surface area contributed by atoms with Gasteiger partial charge < -0.3 is 15.0 Å². The van der Waals surface area contributed by atoms with Gasteiger partial charge >= 0.3 is 5.69 Å². The zero-order valence-electron chi connectivity index (χ0n) is 10.5. The molecule has 21 heavy (non-hydrogen) atoms. The Hall–Kier alpha value is -2.81. The summed E-state index contributed by atoms with van der Waals surface area (Å²) in [5.41, 5.74) is 0.255. The third-order valence-corrected chi connectivity index (χ3v) is 4.25. The number of nitrogens with one attached hydrogen (secondary N) is 4. The van der Waals surface area contributed by atoms with Crippen LogP contribution >= 0.6 is 0 Å². The van der Waals surface area contributed by atoms with Gasteiger partial charge in [0, 0.05) is 18.5 Å². The van der Waals surface area contributed by atoms with E-state index in [0.717, 1.165) is 12.3 Å². The Balaban J connectivity index is 2.03. The van der Waals surface area contributed by atoms with Crippen LogP contribution in [0.1, 0.15) is 0 Å². The fraction of sp³-hybridized carbons (Fsp3) is 0. The van der Waals surface area contributed by atoms with Gasteiger partial charge in [-0.15, -0.1) is 0 Å². The monoisotopic (exact) mass is 306 g/mol. The molecule has 3 aromatic rings. The summed E-state index contributed by atoms with van der Waals surface area (Å²) in [5.74, 6) is 0. The van der Waals surface area contributed by atoms with Crippen molar-refractivity contribution in [3.63, 3.8) is 0 Å². The lowest BCUT2D eigenvalue weighted by atomic mass is 10.3. The van der Waals surface area contributed by atoms with Gasteiger partial charge in [0.25, 0.3) is 10.0 Å². The van der Waals surface area contributed by atoms with E-state index in [-0.39, 0.29) is 16.3 Å². The number of aromatic amines is 3. The molecule has 8 nitrogen and oxygen atoms in total. The smallest absolute Gasteiger partial charge is 0.323 e. The third kappa shape index (κ3) is 2.46. The Morgan fingerprint density at radius 2 is 1.76 bits per heavy atom. The van der Waals surface area contributed by atoms with Crippen LogP contribution in [0.25, 0.3) is 11.0 Å². The first kappa shape index (κ1) is 13.2. The molecule has 0 spiro atoms. The van der Waals surface area contributed by atoms with Crippen molar-refractivity contribution >= 4 is 26.7 Å². The maximum atomic E-state index is 12.2. The van der Waals surface area contributed by atoms with E-state index in [9.17, 15) is 18.0 Å². The average molecular weight is 306 g/mol. The zero-order valence-corrected chi connectivity index (χ0v) is 11.3. The second kappa shape index (κ2) is 4.63. The molecule has 0 aliphatic heterocycles. The molecule has 0 amide bonds. The highest BCUT2D eigenvalue weighted by atomic mass is 32.2. The summed E-state index contributed by atoms with van der Waals surface area (Å²) < 4.78 is 26.6. The van der Waals surface area contributed by atoms with Crippen LogP contribution in [0.5, 0.6) is 0 Å². The van der Waals surface area contributed by atoms with E-state index in [0.29, 0.717) is 11.0 Å². The van der Waals surface area contributed by atoms with Crippen molar-refractivity contribution in [2.75, 3.05) is 4.72 Å². The molecule has 9 heteroatoms. The maximum Gasteiger partial charge on any atom is 0.323 e. The number of sulfonamides is 1. The molecule has 0 bridgehead atoms. The van der Waals surface area contributed by atoms with Gasteiger partial charge in [-0.2, -0.15) is 0 Å². The van der Waals surface area contributed by atoms with Gasteiger partial charge in [0.1, 0.15) is 0 Å². The van der Waals surface area contributed by atoms with E-state index in [2.05, 4.69) is 19.7 Å². The molecule has 0 aliphatic rings. The van der Waals surface area contributed by atoms with Crippen molar-refractivity contribution in [1.29, 1.82) is 0 Å². The van der Waals surface area contributed by atoms with E-state index in [1.54, 1.807) is 6.07 Å². The zero-order chi connectivity index (χ0) is 15.0. The van der Waals surface area contributed by atoms with Crippen molar-refractivity contribution in [3.05, 3.63) is 57.4 Å². The van der Waals surface area contributed by atoms with E-state index in [4.69, 9.17) is 0 Å². The number of H-pyrrole nitrogens is 3. The molecule has 2 heterocycles. The predicted molar refractivity (Wildman–Crippen MR) is 76.8 cm³/mol. The molecule has 0 radical (unpaired) electrons. The number of pyridine rings is 1. The van der Waals surface area contributed by atoms with Gasteiger partial charge in [-0.3, -0.25) is 9.52 Å². The number of imidazole rings is 1. The normalized spacial score (nSPS) is 11.6. The molecular weight excluding hydrogens is 296 g/mol. The minimum absolute atomic E-state index is 0.237. The number of hydrogen-bond acceptors (Lipinski definition) is 4. The van der Waals surface area contributed by atoms with Gasteiger partial charge in [-0.05, 0) is 18.2 Å². The number of fused-ring (bicyclic) bond motifs is 1. The molecule has 3 rings (SSSR count). The van der Waals surface area contributed by atoms with Crippen LogP contribution in [0.3, 0.4) is 0 Å². The lowest BCUT2D eigenvalue weighted by molar-refractivity contribution is 0.600. The Bertz CT molecular complexity index is 1030. The van der Waals surface area contributed by atoms with Crippen molar-refractivity contribution < 1.29 is 8.42 Å². The van der Waals surface area contributed by atoms with E-state index < -0.39 is 15.5 Å². The summed E-state index contributed by atoms with van der Waals surface area (Å²) in [6.45, 7) is 0. The molecule has 0 saturated carbocycles. The summed E-state index contributed by atoms with van der Waals surface area (Å²) in [7, 11) is -4.00. The summed E-state index contributed by atoms with van der Waals surface area (Å²) >= 11 is 0.